The third kappa shape index (κ3) is 3.67. The summed E-state index contributed by atoms with van der Waals surface area (Å²) in [6.45, 7) is 4.32. The molecular formula is C14H17N3OS. The van der Waals surface area contributed by atoms with Crippen LogP contribution in [0.5, 0.6) is 5.88 Å². The summed E-state index contributed by atoms with van der Waals surface area (Å²) in [5.41, 5.74) is 0.859. The lowest BCUT2D eigenvalue weighted by molar-refractivity contribution is 0.331. The van der Waals surface area contributed by atoms with Crippen molar-refractivity contribution < 1.29 is 4.84 Å². The lowest BCUT2D eigenvalue weighted by atomic mass is 10.1. The van der Waals surface area contributed by atoms with Crippen LogP contribution in [0.15, 0.2) is 35.7 Å². The van der Waals surface area contributed by atoms with Gasteiger partial charge < -0.3 is 4.84 Å². The molecule has 0 unspecified atom stereocenters. The molecule has 1 aromatic heterocycles. The van der Waals surface area contributed by atoms with Crippen LogP contribution in [0.2, 0.25) is 0 Å². The van der Waals surface area contributed by atoms with Crippen molar-refractivity contribution in [2.45, 2.75) is 20.3 Å². The molecule has 4 nitrogen and oxygen atoms in total. The minimum Gasteiger partial charge on any atom is -0.335 e. The van der Waals surface area contributed by atoms with E-state index < -0.39 is 0 Å². The van der Waals surface area contributed by atoms with Gasteiger partial charge in [-0.1, -0.05) is 31.1 Å². The third-order valence-corrected chi connectivity index (χ3v) is 3.27. The SMILES string of the molecule is CS/C(CC(C)C)=N/Oc1ncnc2ccccc12. The van der Waals surface area contributed by atoms with Crippen LogP contribution in [-0.4, -0.2) is 21.3 Å². The number of rotatable bonds is 4. The number of fused-ring (bicyclic) bond motifs is 1. The summed E-state index contributed by atoms with van der Waals surface area (Å²) in [6, 6.07) is 7.74. The molecule has 0 saturated heterocycles. The Balaban J connectivity index is 2.23. The first-order valence-electron chi connectivity index (χ1n) is 6.18. The smallest absolute Gasteiger partial charge is 0.259 e. The lowest BCUT2D eigenvalue weighted by Crippen LogP contribution is -2.01. The summed E-state index contributed by atoms with van der Waals surface area (Å²) < 4.78 is 0. The van der Waals surface area contributed by atoms with Gasteiger partial charge in [0.15, 0.2) is 0 Å². The minimum atomic E-state index is 0.501. The molecule has 5 heteroatoms. The maximum Gasteiger partial charge on any atom is 0.259 e. The van der Waals surface area contributed by atoms with Gasteiger partial charge >= 0.3 is 0 Å². The first-order chi connectivity index (χ1) is 9.20. The third-order valence-electron chi connectivity index (χ3n) is 2.56. The highest BCUT2D eigenvalue weighted by atomic mass is 32.2. The zero-order valence-corrected chi connectivity index (χ0v) is 12.1. The van der Waals surface area contributed by atoms with E-state index in [4.69, 9.17) is 4.84 Å². The molecule has 0 amide bonds. The summed E-state index contributed by atoms with van der Waals surface area (Å²) in [5.74, 6) is 1.05. The highest BCUT2D eigenvalue weighted by molar-refractivity contribution is 8.13. The van der Waals surface area contributed by atoms with E-state index in [0.717, 1.165) is 22.4 Å². The quantitative estimate of drug-likeness (QED) is 0.484. The summed E-state index contributed by atoms with van der Waals surface area (Å²) in [5, 5.41) is 6.04. The van der Waals surface area contributed by atoms with E-state index in [1.807, 2.05) is 30.5 Å². The van der Waals surface area contributed by atoms with Crippen molar-refractivity contribution >= 4 is 27.7 Å². The average Bonchev–Trinajstić information content (AvgIpc) is 2.43. The number of para-hydroxylation sites is 1. The largest absolute Gasteiger partial charge is 0.335 e. The maximum atomic E-state index is 5.49. The molecule has 19 heavy (non-hydrogen) atoms. The number of hydrogen-bond acceptors (Lipinski definition) is 5. The molecule has 100 valence electrons. The Kier molecular flexibility index (Phi) is 4.74. The molecule has 0 bridgehead atoms. The summed E-state index contributed by atoms with van der Waals surface area (Å²) in [4.78, 5) is 13.8. The number of aromatic nitrogens is 2. The maximum absolute atomic E-state index is 5.49. The van der Waals surface area contributed by atoms with Crippen molar-refractivity contribution in [1.82, 2.24) is 9.97 Å². The number of hydrogen-bond donors (Lipinski definition) is 0. The van der Waals surface area contributed by atoms with E-state index in [1.54, 1.807) is 11.8 Å². The van der Waals surface area contributed by atoms with Gasteiger partial charge in [-0.2, -0.15) is 4.98 Å². The van der Waals surface area contributed by atoms with Crippen LogP contribution in [-0.2, 0) is 0 Å². The van der Waals surface area contributed by atoms with Gasteiger partial charge in [0, 0.05) is 6.42 Å². The van der Waals surface area contributed by atoms with Crippen LogP contribution in [0.3, 0.4) is 0 Å². The molecule has 0 spiro atoms. The van der Waals surface area contributed by atoms with E-state index in [9.17, 15) is 0 Å². The molecule has 0 atom stereocenters. The zero-order chi connectivity index (χ0) is 13.7. The van der Waals surface area contributed by atoms with E-state index in [2.05, 4.69) is 29.0 Å². The van der Waals surface area contributed by atoms with Crippen molar-refractivity contribution in [2.24, 2.45) is 11.1 Å². The second kappa shape index (κ2) is 6.52. The fourth-order valence-electron chi connectivity index (χ4n) is 1.65. The first kappa shape index (κ1) is 13.8. The summed E-state index contributed by atoms with van der Waals surface area (Å²) >= 11 is 1.60. The van der Waals surface area contributed by atoms with Crippen molar-refractivity contribution in [3.05, 3.63) is 30.6 Å². The Morgan fingerprint density at radius 2 is 2.11 bits per heavy atom. The Morgan fingerprint density at radius 3 is 2.84 bits per heavy atom. The lowest BCUT2D eigenvalue weighted by Gasteiger charge is -2.06. The molecular weight excluding hydrogens is 258 g/mol. The highest BCUT2D eigenvalue weighted by Crippen LogP contribution is 2.21. The molecule has 2 aromatic rings. The van der Waals surface area contributed by atoms with Gasteiger partial charge in [-0.3, -0.25) is 0 Å². The van der Waals surface area contributed by atoms with Crippen molar-refractivity contribution in [2.75, 3.05) is 6.26 Å². The van der Waals surface area contributed by atoms with Gasteiger partial charge in [0.2, 0.25) is 0 Å². The fourth-order valence-corrected chi connectivity index (χ4v) is 2.27. The Morgan fingerprint density at radius 1 is 1.32 bits per heavy atom. The highest BCUT2D eigenvalue weighted by Gasteiger charge is 2.06. The topological polar surface area (TPSA) is 47.4 Å². The Bertz CT molecular complexity index is 578. The minimum absolute atomic E-state index is 0.501. The molecule has 2 rings (SSSR count). The van der Waals surface area contributed by atoms with Gasteiger partial charge in [0.05, 0.1) is 10.9 Å². The van der Waals surface area contributed by atoms with Crippen LogP contribution in [0.1, 0.15) is 20.3 Å². The van der Waals surface area contributed by atoms with E-state index >= 15 is 0 Å². The molecule has 0 aliphatic heterocycles. The molecule has 0 fully saturated rings. The van der Waals surface area contributed by atoms with Crippen LogP contribution >= 0.6 is 11.8 Å². The summed E-state index contributed by atoms with van der Waals surface area (Å²) in [7, 11) is 0. The van der Waals surface area contributed by atoms with Gasteiger partial charge in [-0.15, -0.1) is 11.8 Å². The monoisotopic (exact) mass is 275 g/mol. The standard InChI is InChI=1S/C14H17N3OS/c1-10(2)8-13(19-3)17-18-14-11-6-4-5-7-12(11)15-9-16-14/h4-7,9-10H,8H2,1-3H3/b17-13+. The Labute approximate surface area is 117 Å². The molecule has 0 aliphatic rings. The molecule has 1 aromatic carbocycles. The Hall–Kier alpha value is -1.62. The number of oxime groups is 1. The van der Waals surface area contributed by atoms with Crippen LogP contribution in [0.25, 0.3) is 10.9 Å². The van der Waals surface area contributed by atoms with Gasteiger partial charge in [-0.25, -0.2) is 4.98 Å². The molecule has 0 aliphatic carbocycles. The predicted molar refractivity (Wildman–Crippen MR) is 80.6 cm³/mol. The average molecular weight is 275 g/mol. The van der Waals surface area contributed by atoms with Crippen LogP contribution < -0.4 is 4.84 Å². The molecule has 1 heterocycles. The van der Waals surface area contributed by atoms with E-state index in [-0.39, 0.29) is 0 Å². The number of nitrogens with zero attached hydrogens (tertiary/aromatic N) is 3. The predicted octanol–water partition coefficient (Wildman–Crippen LogP) is 3.73. The molecule has 0 saturated carbocycles. The van der Waals surface area contributed by atoms with Crippen LogP contribution in [0.4, 0.5) is 0 Å². The van der Waals surface area contributed by atoms with Crippen molar-refractivity contribution in [3.8, 4) is 5.88 Å². The zero-order valence-electron chi connectivity index (χ0n) is 11.3. The second-order valence-electron chi connectivity index (χ2n) is 4.57. The molecule has 0 N–H and O–H groups in total. The van der Waals surface area contributed by atoms with Crippen LogP contribution in [0, 0.1) is 5.92 Å². The fraction of sp³-hybridized carbons (Fsp3) is 0.357. The van der Waals surface area contributed by atoms with Gasteiger partial charge in [0.25, 0.3) is 5.88 Å². The molecule has 0 radical (unpaired) electrons. The number of benzene rings is 1. The van der Waals surface area contributed by atoms with Crippen molar-refractivity contribution in [1.29, 1.82) is 0 Å². The summed E-state index contributed by atoms with van der Waals surface area (Å²) in [6.07, 6.45) is 4.40. The van der Waals surface area contributed by atoms with Crippen molar-refractivity contribution in [3.63, 3.8) is 0 Å². The van der Waals surface area contributed by atoms with E-state index in [1.165, 1.54) is 6.33 Å². The normalized spacial score (nSPS) is 12.1. The van der Waals surface area contributed by atoms with Gasteiger partial charge in [-0.05, 0) is 24.3 Å². The number of thioether (sulfide) groups is 1. The van der Waals surface area contributed by atoms with E-state index in [0.29, 0.717) is 11.8 Å². The second-order valence-corrected chi connectivity index (χ2v) is 5.45. The van der Waals surface area contributed by atoms with Gasteiger partial charge in [0.1, 0.15) is 11.4 Å². The first-order valence-corrected chi connectivity index (χ1v) is 7.40.